The maximum Gasteiger partial charge on any atom is 0.187 e. The van der Waals surface area contributed by atoms with Crippen molar-refractivity contribution in [3.8, 4) is 12.0 Å². The molecule has 1 aromatic rings. The number of benzene rings is 1. The lowest BCUT2D eigenvalue weighted by Crippen LogP contribution is -2.62. The van der Waals surface area contributed by atoms with Crippen LogP contribution in [0.4, 0.5) is 5.69 Å². The van der Waals surface area contributed by atoms with Crippen LogP contribution in [0.15, 0.2) is 41.9 Å². The third-order valence-electron chi connectivity index (χ3n) is 6.41. The number of hydrogen-bond acceptors (Lipinski definition) is 2. The van der Waals surface area contributed by atoms with Crippen molar-refractivity contribution < 1.29 is 0 Å². The molecule has 0 aromatic heterocycles. The van der Waals surface area contributed by atoms with Gasteiger partial charge in [0.25, 0.3) is 0 Å². The monoisotopic (exact) mass is 362 g/mol. The Morgan fingerprint density at radius 1 is 1.30 bits per heavy atom. The van der Waals surface area contributed by atoms with E-state index in [1.165, 1.54) is 5.56 Å². The molecular weight excluding hydrogens is 332 g/mol. The standard InChI is InChI=1S/C23H30N4/c1-8-14-23(7)17-12-10-11-13-18(17)27-20(25-15-9-2)19(24)26(16(3)4)21(27)22(23,5)6/h8,10-13,16,21,24H,1,14H2,2-7H3. The van der Waals surface area contributed by atoms with Crippen LogP contribution in [0.3, 0.4) is 0 Å². The van der Waals surface area contributed by atoms with Gasteiger partial charge in [0.15, 0.2) is 11.7 Å². The zero-order chi connectivity index (χ0) is 20.0. The van der Waals surface area contributed by atoms with Crippen LogP contribution < -0.4 is 4.90 Å². The highest BCUT2D eigenvalue weighted by molar-refractivity contribution is 6.47. The summed E-state index contributed by atoms with van der Waals surface area (Å²) in [5.74, 6) is 3.93. The molecule has 142 valence electrons. The lowest BCUT2D eigenvalue weighted by Gasteiger charge is -2.57. The van der Waals surface area contributed by atoms with Gasteiger partial charge in [0.1, 0.15) is 6.17 Å². The van der Waals surface area contributed by atoms with Gasteiger partial charge >= 0.3 is 0 Å². The molecule has 3 rings (SSSR count). The maximum absolute atomic E-state index is 8.88. The van der Waals surface area contributed by atoms with Gasteiger partial charge in [-0.1, -0.05) is 51.0 Å². The summed E-state index contributed by atoms with van der Waals surface area (Å²) >= 11 is 0. The molecule has 1 saturated heterocycles. The number of nitrogens with zero attached hydrogens (tertiary/aromatic N) is 3. The highest BCUT2D eigenvalue weighted by Gasteiger charge is 2.60. The summed E-state index contributed by atoms with van der Waals surface area (Å²) < 4.78 is 0. The van der Waals surface area contributed by atoms with E-state index in [2.05, 4.69) is 92.2 Å². The predicted molar refractivity (Wildman–Crippen MR) is 114 cm³/mol. The van der Waals surface area contributed by atoms with Crippen LogP contribution in [0.5, 0.6) is 0 Å². The summed E-state index contributed by atoms with van der Waals surface area (Å²) in [6.07, 6.45) is 2.90. The van der Waals surface area contributed by atoms with Gasteiger partial charge < -0.3 is 9.80 Å². The minimum Gasteiger partial charge on any atom is -0.330 e. The van der Waals surface area contributed by atoms with Crippen molar-refractivity contribution >= 4 is 17.4 Å². The number of aliphatic imine (C=N–C) groups is 1. The summed E-state index contributed by atoms with van der Waals surface area (Å²) in [5, 5.41) is 8.88. The Bertz CT molecular complexity index is 868. The number of hydrogen-bond donors (Lipinski definition) is 1. The molecule has 2 unspecified atom stereocenters. The summed E-state index contributed by atoms with van der Waals surface area (Å²) in [5.41, 5.74) is 2.15. The van der Waals surface area contributed by atoms with Gasteiger partial charge in [-0.3, -0.25) is 5.41 Å². The number of para-hydroxylation sites is 1. The SMILES string of the molecule is C=CCC1(C)c2ccccc2N2C(=NC#CC)C(=N)N(C(C)C)C2C1(C)C. The van der Waals surface area contributed by atoms with E-state index in [1.54, 1.807) is 6.92 Å². The van der Waals surface area contributed by atoms with E-state index in [4.69, 9.17) is 5.41 Å². The molecule has 0 radical (unpaired) electrons. The van der Waals surface area contributed by atoms with E-state index >= 15 is 0 Å². The zero-order valence-corrected chi connectivity index (χ0v) is 17.3. The number of anilines is 1. The molecule has 0 amide bonds. The van der Waals surface area contributed by atoms with E-state index in [9.17, 15) is 0 Å². The first-order valence-electron chi connectivity index (χ1n) is 9.58. The van der Waals surface area contributed by atoms with Crippen LogP contribution in [-0.2, 0) is 5.41 Å². The molecule has 4 nitrogen and oxygen atoms in total. The van der Waals surface area contributed by atoms with Crippen molar-refractivity contribution in [3.63, 3.8) is 0 Å². The van der Waals surface area contributed by atoms with Crippen LogP contribution >= 0.6 is 0 Å². The van der Waals surface area contributed by atoms with E-state index in [1.807, 2.05) is 6.08 Å². The second-order valence-corrected chi connectivity index (χ2v) is 8.45. The van der Waals surface area contributed by atoms with Crippen LogP contribution in [0.2, 0.25) is 0 Å². The summed E-state index contributed by atoms with van der Waals surface area (Å²) in [6.45, 7) is 17.0. The Morgan fingerprint density at radius 3 is 2.56 bits per heavy atom. The van der Waals surface area contributed by atoms with Crippen molar-refractivity contribution in [1.29, 1.82) is 5.41 Å². The van der Waals surface area contributed by atoms with Crippen LogP contribution in [-0.4, -0.2) is 28.8 Å². The maximum atomic E-state index is 8.88. The molecule has 2 aliphatic rings. The molecule has 2 atom stereocenters. The zero-order valence-electron chi connectivity index (χ0n) is 17.3. The number of rotatable bonds is 3. The van der Waals surface area contributed by atoms with Gasteiger partial charge in [0, 0.05) is 28.6 Å². The Hall–Kier alpha value is -2.54. The fraction of sp³-hybridized carbons (Fsp3) is 0.478. The average molecular weight is 363 g/mol. The Kier molecular flexibility index (Phi) is 4.67. The molecule has 2 heterocycles. The van der Waals surface area contributed by atoms with Crippen molar-refractivity contribution in [2.24, 2.45) is 10.4 Å². The van der Waals surface area contributed by atoms with Gasteiger partial charge in [0.05, 0.1) is 0 Å². The van der Waals surface area contributed by atoms with Gasteiger partial charge in [-0.2, -0.15) is 4.99 Å². The fourth-order valence-electron chi connectivity index (χ4n) is 4.71. The van der Waals surface area contributed by atoms with Crippen molar-refractivity contribution in [2.75, 3.05) is 4.90 Å². The number of allylic oxidation sites excluding steroid dienone is 1. The molecule has 4 heteroatoms. The highest BCUT2D eigenvalue weighted by Crippen LogP contribution is 2.57. The normalized spacial score (nSPS) is 27.3. The fourth-order valence-corrected chi connectivity index (χ4v) is 4.71. The van der Waals surface area contributed by atoms with Crippen molar-refractivity contribution in [1.82, 2.24) is 4.90 Å². The van der Waals surface area contributed by atoms with Gasteiger partial charge in [-0.05, 0) is 38.8 Å². The summed E-state index contributed by atoms with van der Waals surface area (Å²) in [4.78, 5) is 8.91. The molecule has 1 aromatic carbocycles. The van der Waals surface area contributed by atoms with E-state index in [0.717, 1.165) is 12.1 Å². The lowest BCUT2D eigenvalue weighted by atomic mass is 9.57. The van der Waals surface area contributed by atoms with E-state index in [-0.39, 0.29) is 23.0 Å². The molecule has 1 fully saturated rings. The largest absolute Gasteiger partial charge is 0.330 e. The summed E-state index contributed by atoms with van der Waals surface area (Å²) in [6, 6.07) is 11.5. The average Bonchev–Trinajstić information content (AvgIpc) is 2.92. The molecule has 1 N–H and O–H groups in total. The number of fused-ring (bicyclic) bond motifs is 3. The van der Waals surface area contributed by atoms with Crippen LogP contribution in [0, 0.1) is 22.8 Å². The second-order valence-electron chi connectivity index (χ2n) is 8.45. The molecule has 27 heavy (non-hydrogen) atoms. The topological polar surface area (TPSA) is 42.7 Å². The molecule has 0 aliphatic carbocycles. The molecular formula is C23H30N4. The lowest BCUT2D eigenvalue weighted by molar-refractivity contribution is 0.0549. The summed E-state index contributed by atoms with van der Waals surface area (Å²) in [7, 11) is 0. The minimum absolute atomic E-state index is 0.00209. The molecule has 0 spiro atoms. The van der Waals surface area contributed by atoms with Crippen molar-refractivity contribution in [2.45, 2.75) is 65.6 Å². The molecule has 0 saturated carbocycles. The van der Waals surface area contributed by atoms with Crippen LogP contribution in [0.25, 0.3) is 0 Å². The highest BCUT2D eigenvalue weighted by atomic mass is 15.5. The van der Waals surface area contributed by atoms with Gasteiger partial charge in [0.2, 0.25) is 0 Å². The van der Waals surface area contributed by atoms with E-state index in [0.29, 0.717) is 11.7 Å². The first-order chi connectivity index (χ1) is 12.7. The van der Waals surface area contributed by atoms with Crippen molar-refractivity contribution in [3.05, 3.63) is 42.5 Å². The quantitative estimate of drug-likeness (QED) is 0.621. The van der Waals surface area contributed by atoms with E-state index < -0.39 is 0 Å². The first kappa shape index (κ1) is 19.2. The Balaban J connectivity index is 2.37. The number of nitrogens with one attached hydrogen (secondary N) is 1. The minimum atomic E-state index is -0.150. The number of amidine groups is 2. The van der Waals surface area contributed by atoms with Crippen LogP contribution in [0.1, 0.15) is 53.5 Å². The third-order valence-corrected chi connectivity index (χ3v) is 6.41. The Labute approximate surface area is 163 Å². The third kappa shape index (κ3) is 2.52. The molecule has 0 bridgehead atoms. The first-order valence-corrected chi connectivity index (χ1v) is 9.58. The van der Waals surface area contributed by atoms with Gasteiger partial charge in [-0.25, -0.2) is 0 Å². The second kappa shape index (κ2) is 6.56. The van der Waals surface area contributed by atoms with Gasteiger partial charge in [-0.15, -0.1) is 6.58 Å². The Morgan fingerprint density at radius 2 is 1.96 bits per heavy atom. The predicted octanol–water partition coefficient (Wildman–Crippen LogP) is 4.77. The smallest absolute Gasteiger partial charge is 0.187 e. The molecule has 2 aliphatic heterocycles.